The fraction of sp³-hybridized carbons (Fsp3) is 0.467. The molecule has 1 aromatic heterocycles. The Labute approximate surface area is 117 Å². The molecular formula is C15H19N3S. The van der Waals surface area contributed by atoms with Crippen LogP contribution in [0.5, 0.6) is 0 Å². The van der Waals surface area contributed by atoms with Gasteiger partial charge in [0.1, 0.15) is 0 Å². The van der Waals surface area contributed by atoms with Crippen LogP contribution in [0.4, 0.5) is 5.13 Å². The quantitative estimate of drug-likeness (QED) is 0.652. The lowest BCUT2D eigenvalue weighted by Gasteiger charge is -2.20. The van der Waals surface area contributed by atoms with Crippen LogP contribution in [0, 0.1) is 5.92 Å². The molecule has 0 spiro atoms. The molecule has 0 radical (unpaired) electrons. The van der Waals surface area contributed by atoms with Gasteiger partial charge in [0.25, 0.3) is 0 Å². The predicted molar refractivity (Wildman–Crippen MR) is 82.9 cm³/mol. The number of nitrogens with one attached hydrogen (secondary N) is 1. The van der Waals surface area contributed by atoms with Crippen LogP contribution in [0.2, 0.25) is 0 Å². The number of benzene rings is 1. The fourth-order valence-electron chi connectivity index (χ4n) is 2.67. The molecule has 100 valence electrons. The molecule has 0 saturated heterocycles. The molecule has 1 N–H and O–H groups in total. The molecule has 0 atom stereocenters. The summed E-state index contributed by atoms with van der Waals surface area (Å²) in [6.07, 6.45) is 6.65. The van der Waals surface area contributed by atoms with Gasteiger partial charge in [0.2, 0.25) is 5.13 Å². The first kappa shape index (κ1) is 12.6. The van der Waals surface area contributed by atoms with E-state index < -0.39 is 0 Å². The van der Waals surface area contributed by atoms with Crippen LogP contribution in [0.1, 0.15) is 39.0 Å². The third kappa shape index (κ3) is 2.95. The van der Waals surface area contributed by atoms with Crippen LogP contribution in [-0.2, 0) is 0 Å². The van der Waals surface area contributed by atoms with Gasteiger partial charge < -0.3 is 0 Å². The number of nitrogens with zero attached hydrogens (tertiary/aromatic N) is 2. The molecule has 1 fully saturated rings. The molecule has 0 aliphatic heterocycles. The van der Waals surface area contributed by atoms with E-state index in [0.717, 1.165) is 10.6 Å². The highest BCUT2D eigenvalue weighted by molar-refractivity contribution is 7.22. The molecule has 3 nitrogen and oxygen atoms in total. The lowest BCUT2D eigenvalue weighted by Crippen LogP contribution is -2.16. The Morgan fingerprint density at radius 2 is 2.05 bits per heavy atom. The van der Waals surface area contributed by atoms with E-state index in [2.05, 4.69) is 28.5 Å². The molecule has 1 saturated carbocycles. The Balaban J connectivity index is 1.70. The lowest BCUT2D eigenvalue weighted by atomic mass is 9.86. The SMILES string of the molecule is C/C(=N\Nc1nc2ccccc2s1)C1CCCCC1. The highest BCUT2D eigenvalue weighted by atomic mass is 32.1. The van der Waals surface area contributed by atoms with Crippen molar-refractivity contribution in [3.63, 3.8) is 0 Å². The van der Waals surface area contributed by atoms with Crippen molar-refractivity contribution in [2.75, 3.05) is 5.43 Å². The van der Waals surface area contributed by atoms with Crippen LogP contribution >= 0.6 is 11.3 Å². The minimum atomic E-state index is 0.663. The second-order valence-corrected chi connectivity index (χ2v) is 6.22. The summed E-state index contributed by atoms with van der Waals surface area (Å²) < 4.78 is 1.20. The Bertz CT molecular complexity index is 549. The third-order valence-corrected chi connectivity index (χ3v) is 4.76. The van der Waals surface area contributed by atoms with Crippen molar-refractivity contribution in [1.29, 1.82) is 0 Å². The molecule has 1 aliphatic rings. The van der Waals surface area contributed by atoms with Gasteiger partial charge in [0, 0.05) is 5.71 Å². The first-order valence-electron chi connectivity index (χ1n) is 6.99. The normalized spacial score (nSPS) is 17.8. The molecule has 19 heavy (non-hydrogen) atoms. The molecule has 0 bridgehead atoms. The van der Waals surface area contributed by atoms with Gasteiger partial charge >= 0.3 is 0 Å². The lowest BCUT2D eigenvalue weighted by molar-refractivity contribution is 0.438. The van der Waals surface area contributed by atoms with Crippen LogP contribution in [-0.4, -0.2) is 10.7 Å². The molecule has 1 aliphatic carbocycles. The van der Waals surface area contributed by atoms with Crippen molar-refractivity contribution < 1.29 is 0 Å². The highest BCUT2D eigenvalue weighted by Gasteiger charge is 2.16. The van der Waals surface area contributed by atoms with Crippen molar-refractivity contribution in [1.82, 2.24) is 4.98 Å². The molecule has 1 aromatic carbocycles. The summed E-state index contributed by atoms with van der Waals surface area (Å²) in [5, 5.41) is 5.41. The summed E-state index contributed by atoms with van der Waals surface area (Å²) in [5.41, 5.74) is 5.39. The molecule has 1 heterocycles. The largest absolute Gasteiger partial charge is 0.253 e. The summed E-state index contributed by atoms with van der Waals surface area (Å²) in [6.45, 7) is 2.14. The van der Waals surface area contributed by atoms with E-state index >= 15 is 0 Å². The van der Waals surface area contributed by atoms with E-state index in [1.807, 2.05) is 18.2 Å². The summed E-state index contributed by atoms with van der Waals surface area (Å²) in [5.74, 6) is 0.663. The van der Waals surface area contributed by atoms with Gasteiger partial charge in [0.05, 0.1) is 10.2 Å². The second-order valence-electron chi connectivity index (χ2n) is 5.19. The second kappa shape index (κ2) is 5.70. The zero-order valence-corrected chi connectivity index (χ0v) is 12.0. The average molecular weight is 273 g/mol. The number of hydrazone groups is 1. The van der Waals surface area contributed by atoms with E-state index in [1.165, 1.54) is 42.5 Å². The Morgan fingerprint density at radius 3 is 2.84 bits per heavy atom. The van der Waals surface area contributed by atoms with Gasteiger partial charge in [-0.2, -0.15) is 5.10 Å². The first-order chi connectivity index (χ1) is 9.33. The highest BCUT2D eigenvalue weighted by Crippen LogP contribution is 2.27. The molecule has 4 heteroatoms. The number of aromatic nitrogens is 1. The maximum atomic E-state index is 4.53. The van der Waals surface area contributed by atoms with Crippen LogP contribution in [0.3, 0.4) is 0 Å². The van der Waals surface area contributed by atoms with Gasteiger partial charge in [-0.1, -0.05) is 42.7 Å². The van der Waals surface area contributed by atoms with Gasteiger partial charge in [-0.3, -0.25) is 5.43 Å². The predicted octanol–water partition coefficient (Wildman–Crippen LogP) is 4.66. The summed E-state index contributed by atoms with van der Waals surface area (Å²) in [4.78, 5) is 4.53. The van der Waals surface area contributed by atoms with E-state index in [9.17, 15) is 0 Å². The smallest absolute Gasteiger partial charge is 0.204 e. The third-order valence-electron chi connectivity index (χ3n) is 3.82. The molecule has 0 amide bonds. The minimum absolute atomic E-state index is 0.663. The fourth-order valence-corrected chi connectivity index (χ4v) is 3.48. The topological polar surface area (TPSA) is 37.3 Å². The maximum absolute atomic E-state index is 4.53. The van der Waals surface area contributed by atoms with Gasteiger partial charge in [-0.05, 0) is 37.8 Å². The number of hydrogen-bond donors (Lipinski definition) is 1. The van der Waals surface area contributed by atoms with Crippen molar-refractivity contribution in [3.05, 3.63) is 24.3 Å². The van der Waals surface area contributed by atoms with Crippen molar-refractivity contribution in [2.45, 2.75) is 39.0 Å². The van der Waals surface area contributed by atoms with Gasteiger partial charge in [0.15, 0.2) is 0 Å². The van der Waals surface area contributed by atoms with Crippen molar-refractivity contribution >= 4 is 32.4 Å². The van der Waals surface area contributed by atoms with Gasteiger partial charge in [-0.25, -0.2) is 4.98 Å². The van der Waals surface area contributed by atoms with Crippen LogP contribution in [0.15, 0.2) is 29.4 Å². The van der Waals surface area contributed by atoms with Crippen molar-refractivity contribution in [3.8, 4) is 0 Å². The molecular weight excluding hydrogens is 254 g/mol. The number of rotatable bonds is 3. The Hall–Kier alpha value is -1.42. The van der Waals surface area contributed by atoms with E-state index in [4.69, 9.17) is 0 Å². The molecule has 2 aromatic rings. The number of thiazole rings is 1. The Kier molecular flexibility index (Phi) is 3.78. The number of para-hydroxylation sites is 1. The first-order valence-corrected chi connectivity index (χ1v) is 7.80. The standard InChI is InChI=1S/C15H19N3S/c1-11(12-7-3-2-4-8-12)17-18-15-16-13-9-5-6-10-14(13)19-15/h5-6,9-10,12H,2-4,7-8H2,1H3,(H,16,18)/b17-11+. The number of anilines is 1. The van der Waals surface area contributed by atoms with Crippen molar-refractivity contribution in [2.24, 2.45) is 11.0 Å². The number of fused-ring (bicyclic) bond motifs is 1. The monoisotopic (exact) mass is 273 g/mol. The zero-order valence-electron chi connectivity index (χ0n) is 11.2. The van der Waals surface area contributed by atoms with Crippen LogP contribution in [0.25, 0.3) is 10.2 Å². The van der Waals surface area contributed by atoms with E-state index in [1.54, 1.807) is 11.3 Å². The maximum Gasteiger partial charge on any atom is 0.204 e. The van der Waals surface area contributed by atoms with E-state index in [0.29, 0.717) is 5.92 Å². The minimum Gasteiger partial charge on any atom is -0.253 e. The molecule has 3 rings (SSSR count). The molecule has 0 unspecified atom stereocenters. The van der Waals surface area contributed by atoms with Crippen LogP contribution < -0.4 is 5.43 Å². The Morgan fingerprint density at radius 1 is 1.26 bits per heavy atom. The summed E-state index contributed by atoms with van der Waals surface area (Å²) in [7, 11) is 0. The summed E-state index contributed by atoms with van der Waals surface area (Å²) in [6, 6.07) is 8.19. The van der Waals surface area contributed by atoms with E-state index in [-0.39, 0.29) is 0 Å². The van der Waals surface area contributed by atoms with Gasteiger partial charge in [-0.15, -0.1) is 0 Å². The number of hydrogen-bond acceptors (Lipinski definition) is 4. The summed E-state index contributed by atoms with van der Waals surface area (Å²) >= 11 is 1.66. The average Bonchev–Trinajstić information content (AvgIpc) is 2.88. The zero-order chi connectivity index (χ0) is 13.1.